The zero-order valence-electron chi connectivity index (χ0n) is 24.8. The van der Waals surface area contributed by atoms with E-state index in [0.29, 0.717) is 62.6 Å². The van der Waals surface area contributed by atoms with Gasteiger partial charge in [0.2, 0.25) is 0 Å². The Morgan fingerprint density at radius 2 is 0.773 bits per heavy atom. The van der Waals surface area contributed by atoms with Crippen LogP contribution in [0.25, 0.3) is 0 Å². The van der Waals surface area contributed by atoms with Crippen molar-refractivity contribution in [3.05, 3.63) is 156 Å². The maximum Gasteiger partial charge on any atom is 0.161 e. The van der Waals surface area contributed by atoms with Crippen molar-refractivity contribution in [2.24, 2.45) is 0 Å². The molecule has 1 atom stereocenters. The summed E-state index contributed by atoms with van der Waals surface area (Å²) in [6.07, 6.45) is -0.325. The van der Waals surface area contributed by atoms with Gasteiger partial charge in [0.25, 0.3) is 0 Å². The molecule has 0 heterocycles. The van der Waals surface area contributed by atoms with Gasteiger partial charge in [0, 0.05) is 0 Å². The molecule has 0 radical (unpaired) electrons. The summed E-state index contributed by atoms with van der Waals surface area (Å²) in [6, 6.07) is 45.5. The molecular weight excluding hydrogens is 552 g/mol. The van der Waals surface area contributed by atoms with E-state index in [4.69, 9.17) is 28.4 Å². The highest BCUT2D eigenvalue weighted by Crippen LogP contribution is 2.28. The van der Waals surface area contributed by atoms with Crippen molar-refractivity contribution in [3.8, 4) is 23.0 Å². The van der Waals surface area contributed by atoms with Gasteiger partial charge in [-0.25, -0.2) is 0 Å². The first kappa shape index (κ1) is 30.7. The van der Waals surface area contributed by atoms with Gasteiger partial charge in [0.1, 0.15) is 32.5 Å². The lowest BCUT2D eigenvalue weighted by Gasteiger charge is -2.20. The molecule has 0 bridgehead atoms. The molecule has 0 saturated carbocycles. The molecule has 0 amide bonds. The molecule has 6 heteroatoms. The third-order valence-corrected chi connectivity index (χ3v) is 6.71. The minimum atomic E-state index is -0.325. The van der Waals surface area contributed by atoms with E-state index in [9.17, 15) is 0 Å². The van der Waals surface area contributed by atoms with Gasteiger partial charge in [-0.15, -0.1) is 0 Å². The highest BCUT2D eigenvalue weighted by Gasteiger charge is 2.14. The van der Waals surface area contributed by atoms with Crippen LogP contribution in [0.4, 0.5) is 0 Å². The fraction of sp³-hybridized carbons (Fsp3) is 0.211. The molecule has 5 aromatic rings. The maximum absolute atomic E-state index is 6.21. The van der Waals surface area contributed by atoms with Crippen LogP contribution in [-0.2, 0) is 29.3 Å². The molecule has 0 fully saturated rings. The van der Waals surface area contributed by atoms with E-state index >= 15 is 0 Å². The van der Waals surface area contributed by atoms with Gasteiger partial charge >= 0.3 is 0 Å². The topological polar surface area (TPSA) is 55.4 Å². The first-order valence-electron chi connectivity index (χ1n) is 14.8. The molecule has 5 rings (SSSR count). The number of hydrogen-bond donors (Lipinski definition) is 0. The molecule has 1 unspecified atom stereocenters. The molecule has 0 aromatic heterocycles. The molecule has 0 saturated heterocycles. The maximum atomic E-state index is 6.21. The number of para-hydroxylation sites is 4. The van der Waals surface area contributed by atoms with Crippen molar-refractivity contribution in [1.82, 2.24) is 0 Å². The Kier molecular flexibility index (Phi) is 12.1. The summed E-state index contributed by atoms with van der Waals surface area (Å²) in [5.74, 6) is 2.69. The van der Waals surface area contributed by atoms with Gasteiger partial charge in [0.05, 0.1) is 19.8 Å². The highest BCUT2D eigenvalue weighted by atomic mass is 16.6. The van der Waals surface area contributed by atoms with Gasteiger partial charge in [-0.2, -0.15) is 0 Å². The Hall–Kier alpha value is -4.78. The summed E-state index contributed by atoms with van der Waals surface area (Å²) in [6.45, 7) is 2.75. The van der Waals surface area contributed by atoms with Crippen LogP contribution >= 0.6 is 0 Å². The lowest BCUT2D eigenvalue weighted by Crippen LogP contribution is -2.29. The predicted molar refractivity (Wildman–Crippen MR) is 171 cm³/mol. The molecule has 6 nitrogen and oxygen atoms in total. The Labute approximate surface area is 259 Å². The van der Waals surface area contributed by atoms with Crippen molar-refractivity contribution >= 4 is 0 Å². The number of benzene rings is 5. The Morgan fingerprint density at radius 1 is 0.364 bits per heavy atom. The molecule has 0 aliphatic rings. The zero-order chi connectivity index (χ0) is 30.1. The molecule has 44 heavy (non-hydrogen) atoms. The first-order valence-corrected chi connectivity index (χ1v) is 14.8. The number of hydrogen-bond acceptors (Lipinski definition) is 6. The predicted octanol–water partition coefficient (Wildman–Crippen LogP) is 7.90. The van der Waals surface area contributed by atoms with E-state index in [-0.39, 0.29) is 12.7 Å². The van der Waals surface area contributed by atoms with Crippen LogP contribution in [0.3, 0.4) is 0 Å². The van der Waals surface area contributed by atoms with Gasteiger partial charge in [-0.3, -0.25) is 0 Å². The van der Waals surface area contributed by atoms with Crippen LogP contribution in [0.1, 0.15) is 16.7 Å². The average molecular weight is 591 g/mol. The van der Waals surface area contributed by atoms with Crippen LogP contribution in [0.2, 0.25) is 0 Å². The van der Waals surface area contributed by atoms with Gasteiger partial charge in [-0.05, 0) is 41.0 Å². The van der Waals surface area contributed by atoms with Crippen molar-refractivity contribution in [3.63, 3.8) is 0 Å². The molecule has 0 aliphatic heterocycles. The Bertz CT molecular complexity index is 1490. The summed E-state index contributed by atoms with van der Waals surface area (Å²) >= 11 is 0. The minimum Gasteiger partial charge on any atom is -0.487 e. The number of rotatable bonds is 18. The lowest BCUT2D eigenvalue weighted by atomic mass is 10.2. The molecule has 0 spiro atoms. The van der Waals surface area contributed by atoms with E-state index in [1.54, 1.807) is 0 Å². The SMILES string of the molecule is c1ccc(COCC(COc2ccccc2OCc2ccccc2)OCCOc2ccccc2OCc2ccccc2)cc1. The van der Waals surface area contributed by atoms with Crippen molar-refractivity contribution in [2.45, 2.75) is 25.9 Å². The normalized spacial score (nSPS) is 11.5. The monoisotopic (exact) mass is 590 g/mol. The largest absolute Gasteiger partial charge is 0.487 e. The third-order valence-electron chi connectivity index (χ3n) is 6.71. The van der Waals surface area contributed by atoms with E-state index in [2.05, 4.69) is 0 Å². The second-order valence-electron chi connectivity index (χ2n) is 10.1. The highest BCUT2D eigenvalue weighted by molar-refractivity contribution is 5.40. The van der Waals surface area contributed by atoms with E-state index < -0.39 is 0 Å². The summed E-state index contributed by atoms with van der Waals surface area (Å²) in [5, 5.41) is 0. The van der Waals surface area contributed by atoms with Crippen molar-refractivity contribution < 1.29 is 28.4 Å². The van der Waals surface area contributed by atoms with Gasteiger partial charge in [0.15, 0.2) is 23.0 Å². The Morgan fingerprint density at radius 3 is 1.27 bits per heavy atom. The molecule has 0 N–H and O–H groups in total. The molecule has 226 valence electrons. The Balaban J connectivity index is 1.14. The van der Waals surface area contributed by atoms with E-state index in [1.165, 1.54) is 0 Å². The number of ether oxygens (including phenoxy) is 6. The van der Waals surface area contributed by atoms with Gasteiger partial charge in [-0.1, -0.05) is 115 Å². The van der Waals surface area contributed by atoms with Gasteiger partial charge < -0.3 is 28.4 Å². The third kappa shape index (κ3) is 10.2. The smallest absolute Gasteiger partial charge is 0.161 e. The molecular formula is C38H38O6. The quantitative estimate of drug-likeness (QED) is 0.0967. The van der Waals surface area contributed by atoms with Crippen molar-refractivity contribution in [2.75, 3.05) is 26.4 Å². The first-order chi connectivity index (χ1) is 21.8. The van der Waals surface area contributed by atoms with Crippen LogP contribution in [-0.4, -0.2) is 32.5 Å². The van der Waals surface area contributed by atoms with Crippen molar-refractivity contribution in [1.29, 1.82) is 0 Å². The minimum absolute atomic E-state index is 0.289. The van der Waals surface area contributed by atoms with Crippen LogP contribution in [0, 0.1) is 0 Å². The second-order valence-corrected chi connectivity index (χ2v) is 10.1. The summed E-state index contributed by atoms with van der Waals surface area (Å²) < 4.78 is 36.6. The second kappa shape index (κ2) is 17.4. The fourth-order valence-corrected chi connectivity index (χ4v) is 4.42. The zero-order valence-corrected chi connectivity index (χ0v) is 24.8. The molecule has 0 aliphatic carbocycles. The van der Waals surface area contributed by atoms with Crippen LogP contribution in [0.15, 0.2) is 140 Å². The summed E-state index contributed by atoms with van der Waals surface area (Å²) in [7, 11) is 0. The summed E-state index contributed by atoms with van der Waals surface area (Å²) in [5.41, 5.74) is 3.28. The van der Waals surface area contributed by atoms with E-state index in [0.717, 1.165) is 16.7 Å². The van der Waals surface area contributed by atoms with Crippen LogP contribution in [0.5, 0.6) is 23.0 Å². The fourth-order valence-electron chi connectivity index (χ4n) is 4.42. The molecule has 5 aromatic carbocycles. The summed E-state index contributed by atoms with van der Waals surface area (Å²) in [4.78, 5) is 0. The van der Waals surface area contributed by atoms with Crippen LogP contribution < -0.4 is 18.9 Å². The lowest BCUT2D eigenvalue weighted by molar-refractivity contribution is -0.0487. The average Bonchev–Trinajstić information content (AvgIpc) is 3.09. The van der Waals surface area contributed by atoms with E-state index in [1.807, 2.05) is 140 Å². The standard InChI is InChI=1S/C38H38O6/c1-4-14-31(15-5-1)26-39-29-34(30-44-38-23-13-12-22-37(38)43-28-33-18-8-3-9-19-33)40-24-25-41-35-20-10-11-21-36(35)42-27-32-16-6-2-7-17-32/h1-23,34H,24-30H2.